The molecule has 0 aromatic heterocycles. The minimum Gasteiger partial charge on any atom is -0.460 e. The van der Waals surface area contributed by atoms with Crippen LogP contribution in [-0.2, 0) is 18.9 Å². The van der Waals surface area contributed by atoms with E-state index in [0.29, 0.717) is 44.3 Å². The van der Waals surface area contributed by atoms with Crippen molar-refractivity contribution in [1.29, 1.82) is 0 Å². The number of anilines is 1. The predicted molar refractivity (Wildman–Crippen MR) is 79.4 cm³/mol. The monoisotopic (exact) mass is 297 g/mol. The third kappa shape index (κ3) is 7.08. The van der Waals surface area contributed by atoms with Crippen molar-refractivity contribution in [3.63, 3.8) is 0 Å². The summed E-state index contributed by atoms with van der Waals surface area (Å²) in [6, 6.07) is 5.08. The zero-order valence-corrected chi connectivity index (χ0v) is 12.6. The summed E-state index contributed by atoms with van der Waals surface area (Å²) in [6.07, 6.45) is 0. The zero-order valence-electron chi connectivity index (χ0n) is 12.6. The van der Waals surface area contributed by atoms with Gasteiger partial charge in [0, 0.05) is 12.8 Å². The molecule has 0 aliphatic carbocycles. The van der Waals surface area contributed by atoms with Gasteiger partial charge in [-0.25, -0.2) is 4.79 Å². The summed E-state index contributed by atoms with van der Waals surface area (Å²) in [5, 5.41) is 0. The van der Waals surface area contributed by atoms with Crippen molar-refractivity contribution >= 4 is 11.7 Å². The second-order valence-electron chi connectivity index (χ2n) is 4.43. The summed E-state index contributed by atoms with van der Waals surface area (Å²) in [4.78, 5) is 11.8. The second kappa shape index (κ2) is 10.1. The van der Waals surface area contributed by atoms with Crippen LogP contribution in [0.4, 0.5) is 5.69 Å². The van der Waals surface area contributed by atoms with Crippen LogP contribution < -0.4 is 5.73 Å². The van der Waals surface area contributed by atoms with E-state index in [2.05, 4.69) is 0 Å². The zero-order chi connectivity index (χ0) is 15.5. The van der Waals surface area contributed by atoms with Crippen molar-refractivity contribution in [2.75, 3.05) is 52.5 Å². The highest BCUT2D eigenvalue weighted by atomic mass is 16.6. The lowest BCUT2D eigenvalue weighted by atomic mass is 10.1. The molecule has 1 rings (SSSR count). The number of nitrogens with two attached hydrogens (primary N) is 1. The molecule has 21 heavy (non-hydrogen) atoms. The van der Waals surface area contributed by atoms with Crippen LogP contribution >= 0.6 is 0 Å². The first kappa shape index (κ1) is 17.4. The van der Waals surface area contributed by atoms with Gasteiger partial charge in [0.1, 0.15) is 6.61 Å². The number of nitrogen functional groups attached to an aromatic ring is 1. The molecule has 0 fully saturated rings. The first-order valence-electron chi connectivity index (χ1n) is 6.83. The van der Waals surface area contributed by atoms with Crippen molar-refractivity contribution < 1.29 is 23.7 Å². The Morgan fingerprint density at radius 2 is 1.67 bits per heavy atom. The van der Waals surface area contributed by atoms with Crippen LogP contribution in [0.15, 0.2) is 18.2 Å². The van der Waals surface area contributed by atoms with E-state index < -0.39 is 0 Å². The molecule has 1 aromatic carbocycles. The molecule has 0 radical (unpaired) electrons. The molecule has 0 heterocycles. The number of benzene rings is 1. The number of rotatable bonds is 10. The molecule has 2 N–H and O–H groups in total. The van der Waals surface area contributed by atoms with Gasteiger partial charge in [-0.3, -0.25) is 0 Å². The fraction of sp³-hybridized carbons (Fsp3) is 0.533. The molecule has 0 aliphatic rings. The maximum atomic E-state index is 11.8. The lowest BCUT2D eigenvalue weighted by Crippen LogP contribution is -2.14. The van der Waals surface area contributed by atoms with Crippen LogP contribution in [0.3, 0.4) is 0 Å². The smallest absolute Gasteiger partial charge is 0.338 e. The average molecular weight is 297 g/mol. The van der Waals surface area contributed by atoms with Crippen LogP contribution in [0.5, 0.6) is 0 Å². The summed E-state index contributed by atoms with van der Waals surface area (Å²) >= 11 is 0. The Labute approximate surface area is 125 Å². The number of carbonyl (C=O) groups excluding carboxylic acids is 1. The van der Waals surface area contributed by atoms with Crippen LogP contribution in [0.1, 0.15) is 15.9 Å². The van der Waals surface area contributed by atoms with Crippen molar-refractivity contribution in [2.24, 2.45) is 0 Å². The molecule has 118 valence electrons. The van der Waals surface area contributed by atoms with Gasteiger partial charge in [-0.15, -0.1) is 0 Å². The van der Waals surface area contributed by atoms with E-state index in [4.69, 9.17) is 24.7 Å². The minimum atomic E-state index is -0.368. The van der Waals surface area contributed by atoms with Crippen molar-refractivity contribution in [2.45, 2.75) is 6.92 Å². The van der Waals surface area contributed by atoms with Gasteiger partial charge in [0.25, 0.3) is 0 Å². The fourth-order valence-electron chi connectivity index (χ4n) is 1.65. The van der Waals surface area contributed by atoms with Crippen LogP contribution in [0.25, 0.3) is 0 Å². The van der Waals surface area contributed by atoms with Gasteiger partial charge in [0.05, 0.1) is 38.6 Å². The quantitative estimate of drug-likeness (QED) is 0.399. The number of ether oxygens (including phenoxy) is 4. The standard InChI is InChI=1S/C15H23NO5/c1-12-11-13(16)3-4-14(12)15(17)21-10-9-20-8-7-19-6-5-18-2/h3-4,11H,5-10,16H2,1-2H3. The van der Waals surface area contributed by atoms with Crippen molar-refractivity contribution in [3.05, 3.63) is 29.3 Å². The van der Waals surface area contributed by atoms with E-state index in [1.807, 2.05) is 6.92 Å². The van der Waals surface area contributed by atoms with Crippen LogP contribution in [0.2, 0.25) is 0 Å². The van der Waals surface area contributed by atoms with E-state index >= 15 is 0 Å². The van der Waals surface area contributed by atoms with Crippen LogP contribution in [0, 0.1) is 6.92 Å². The lowest BCUT2D eigenvalue weighted by molar-refractivity contribution is 0.00568. The summed E-state index contributed by atoms with van der Waals surface area (Å²) in [7, 11) is 1.62. The molecular weight excluding hydrogens is 274 g/mol. The molecule has 0 spiro atoms. The van der Waals surface area contributed by atoms with Gasteiger partial charge in [-0.2, -0.15) is 0 Å². The van der Waals surface area contributed by atoms with Gasteiger partial charge < -0.3 is 24.7 Å². The molecule has 0 amide bonds. The number of carbonyl (C=O) groups is 1. The Hall–Kier alpha value is -1.63. The normalized spacial score (nSPS) is 10.6. The molecule has 0 atom stereocenters. The fourth-order valence-corrected chi connectivity index (χ4v) is 1.65. The summed E-state index contributed by atoms with van der Waals surface area (Å²) in [5.74, 6) is -0.368. The van der Waals surface area contributed by atoms with Crippen molar-refractivity contribution in [3.8, 4) is 0 Å². The number of esters is 1. The SMILES string of the molecule is COCCOCCOCCOC(=O)c1ccc(N)cc1C. The molecular formula is C15H23NO5. The molecule has 0 aliphatic heterocycles. The van der Waals surface area contributed by atoms with Crippen molar-refractivity contribution in [1.82, 2.24) is 0 Å². The Morgan fingerprint density at radius 1 is 1.05 bits per heavy atom. The van der Waals surface area contributed by atoms with E-state index in [1.165, 1.54) is 0 Å². The van der Waals surface area contributed by atoms with Gasteiger partial charge in [0.2, 0.25) is 0 Å². The maximum Gasteiger partial charge on any atom is 0.338 e. The topological polar surface area (TPSA) is 80.0 Å². The van der Waals surface area contributed by atoms with Crippen LogP contribution in [-0.4, -0.2) is 52.7 Å². The van der Waals surface area contributed by atoms with E-state index in [0.717, 1.165) is 5.56 Å². The first-order valence-corrected chi connectivity index (χ1v) is 6.83. The molecule has 6 heteroatoms. The Bertz CT molecular complexity index is 436. The van der Waals surface area contributed by atoms with E-state index in [1.54, 1.807) is 25.3 Å². The van der Waals surface area contributed by atoms with E-state index in [-0.39, 0.29) is 12.6 Å². The Morgan fingerprint density at radius 3 is 2.29 bits per heavy atom. The van der Waals surface area contributed by atoms with Gasteiger partial charge in [-0.1, -0.05) is 0 Å². The number of hydrogen-bond donors (Lipinski definition) is 1. The van der Waals surface area contributed by atoms with Gasteiger partial charge >= 0.3 is 5.97 Å². The molecule has 0 bridgehead atoms. The van der Waals surface area contributed by atoms with Gasteiger partial charge in [0.15, 0.2) is 0 Å². The highest BCUT2D eigenvalue weighted by Crippen LogP contribution is 2.13. The second-order valence-corrected chi connectivity index (χ2v) is 4.43. The summed E-state index contributed by atoms with van der Waals surface area (Å²) < 4.78 is 20.5. The van der Waals surface area contributed by atoms with E-state index in [9.17, 15) is 4.79 Å². The highest BCUT2D eigenvalue weighted by molar-refractivity contribution is 5.91. The summed E-state index contributed by atoms with van der Waals surface area (Å²) in [6.45, 7) is 4.44. The Kier molecular flexibility index (Phi) is 8.42. The maximum absolute atomic E-state index is 11.8. The average Bonchev–Trinajstić information content (AvgIpc) is 2.45. The Balaban J connectivity index is 2.11. The predicted octanol–water partition coefficient (Wildman–Crippen LogP) is 1.41. The number of aryl methyl sites for hydroxylation is 1. The number of hydrogen-bond acceptors (Lipinski definition) is 6. The molecule has 1 aromatic rings. The molecule has 0 unspecified atom stereocenters. The largest absolute Gasteiger partial charge is 0.460 e. The lowest BCUT2D eigenvalue weighted by Gasteiger charge is -2.08. The third-order valence-electron chi connectivity index (χ3n) is 2.74. The molecule has 0 saturated heterocycles. The first-order chi connectivity index (χ1) is 10.1. The summed E-state index contributed by atoms with van der Waals surface area (Å²) in [5.41, 5.74) is 7.58. The highest BCUT2D eigenvalue weighted by Gasteiger charge is 2.10. The van der Waals surface area contributed by atoms with Gasteiger partial charge in [-0.05, 0) is 30.7 Å². The molecule has 0 saturated carbocycles. The minimum absolute atomic E-state index is 0.209. The third-order valence-corrected chi connectivity index (χ3v) is 2.74. The number of methoxy groups -OCH3 is 1. The molecule has 6 nitrogen and oxygen atoms in total.